The van der Waals surface area contributed by atoms with Crippen LogP contribution in [0.5, 0.6) is 0 Å². The lowest BCUT2D eigenvalue weighted by atomic mass is 9.68. The number of allylic oxidation sites excluding steroid dienone is 1. The molecule has 2 N–H and O–H groups in total. The van der Waals surface area contributed by atoms with E-state index in [1.54, 1.807) is 12.2 Å². The molecule has 3 atom stereocenters. The van der Waals surface area contributed by atoms with Gasteiger partial charge in [-0.05, 0) is 6.42 Å². The Kier molecular flexibility index (Phi) is 2.10. The summed E-state index contributed by atoms with van der Waals surface area (Å²) >= 11 is 0. The molecular weight excluding hydrogens is 234 g/mol. The topological polar surface area (TPSA) is 26.0 Å². The van der Waals surface area contributed by atoms with Gasteiger partial charge in [0.05, 0.1) is 0 Å². The van der Waals surface area contributed by atoms with Crippen molar-refractivity contribution < 1.29 is 17.6 Å². The van der Waals surface area contributed by atoms with Gasteiger partial charge in [0.2, 0.25) is 0 Å². The average Bonchev–Trinajstić information content (AvgIpc) is 2.33. The monoisotopic (exact) mass is 243 g/mol. The van der Waals surface area contributed by atoms with Gasteiger partial charge in [-0.15, -0.1) is 0 Å². The molecule has 0 heterocycles. The number of halogens is 4. The Bertz CT molecular complexity index is 538. The molecule has 17 heavy (non-hydrogen) atoms. The lowest BCUT2D eigenvalue weighted by molar-refractivity contribution is 0.366. The summed E-state index contributed by atoms with van der Waals surface area (Å²) in [5.74, 6) is -7.13. The molecule has 90 valence electrons. The fourth-order valence-electron chi connectivity index (χ4n) is 2.79. The highest BCUT2D eigenvalue weighted by Gasteiger charge is 2.41. The predicted molar refractivity (Wildman–Crippen MR) is 53.5 cm³/mol. The largest absolute Gasteiger partial charge is 0.327 e. The minimum atomic E-state index is -1.76. The van der Waals surface area contributed by atoms with Gasteiger partial charge in [0.15, 0.2) is 23.3 Å². The second-order valence-corrected chi connectivity index (χ2v) is 4.50. The first-order valence-corrected chi connectivity index (χ1v) is 5.32. The van der Waals surface area contributed by atoms with Crippen molar-refractivity contribution in [3.05, 3.63) is 46.5 Å². The van der Waals surface area contributed by atoms with Crippen molar-refractivity contribution in [2.75, 3.05) is 0 Å². The smallest absolute Gasteiger partial charge is 0.197 e. The lowest BCUT2D eigenvalue weighted by Gasteiger charge is -2.38. The molecule has 0 saturated heterocycles. The molecule has 0 radical (unpaired) electrons. The fourth-order valence-corrected chi connectivity index (χ4v) is 2.79. The van der Waals surface area contributed by atoms with Gasteiger partial charge in [0.25, 0.3) is 0 Å². The molecule has 1 aromatic rings. The van der Waals surface area contributed by atoms with Gasteiger partial charge in [-0.2, -0.15) is 0 Å². The van der Waals surface area contributed by atoms with Crippen LogP contribution in [0.25, 0.3) is 0 Å². The highest BCUT2D eigenvalue weighted by atomic mass is 19.2. The standard InChI is InChI=1S/C12H9F4N/c13-9-7-4-1-2-5(6(17)3-4)8(7)10(14)12(16)11(9)15/h1-2,4-6H,3,17H2/t4-,5+,6-/m1/s1. The van der Waals surface area contributed by atoms with Gasteiger partial charge in [-0.1, -0.05) is 12.2 Å². The molecule has 1 nitrogen and oxygen atoms in total. The number of rotatable bonds is 0. The van der Waals surface area contributed by atoms with Crippen molar-refractivity contribution in [1.29, 1.82) is 0 Å². The van der Waals surface area contributed by atoms with Gasteiger partial charge in [-0.3, -0.25) is 0 Å². The van der Waals surface area contributed by atoms with Crippen molar-refractivity contribution in [3.63, 3.8) is 0 Å². The van der Waals surface area contributed by atoms with E-state index < -0.39 is 35.1 Å². The summed E-state index contributed by atoms with van der Waals surface area (Å²) in [5.41, 5.74) is 5.59. The maximum absolute atomic E-state index is 13.7. The lowest BCUT2D eigenvalue weighted by Crippen LogP contribution is -2.38. The number of nitrogens with two attached hydrogens (primary N) is 1. The third kappa shape index (κ3) is 1.23. The molecular formula is C12H9F4N. The first-order valence-electron chi connectivity index (χ1n) is 5.32. The quantitative estimate of drug-likeness (QED) is 0.322. The van der Waals surface area contributed by atoms with E-state index in [2.05, 4.69) is 0 Å². The molecule has 0 amide bonds. The van der Waals surface area contributed by atoms with E-state index in [1.807, 2.05) is 0 Å². The highest BCUT2D eigenvalue weighted by Crippen LogP contribution is 2.47. The summed E-state index contributed by atoms with van der Waals surface area (Å²) in [6.45, 7) is 0. The first-order chi connectivity index (χ1) is 8.02. The van der Waals surface area contributed by atoms with E-state index in [9.17, 15) is 17.6 Å². The zero-order chi connectivity index (χ0) is 12.3. The van der Waals surface area contributed by atoms with Crippen LogP contribution in [-0.2, 0) is 0 Å². The Hall–Kier alpha value is -1.36. The van der Waals surface area contributed by atoms with E-state index >= 15 is 0 Å². The van der Waals surface area contributed by atoms with E-state index in [0.717, 1.165) is 0 Å². The molecule has 0 fully saturated rings. The van der Waals surface area contributed by atoms with Crippen LogP contribution >= 0.6 is 0 Å². The van der Waals surface area contributed by atoms with Crippen LogP contribution in [0.15, 0.2) is 12.2 Å². The second-order valence-electron chi connectivity index (χ2n) is 4.50. The normalized spacial score (nSPS) is 29.6. The molecule has 0 saturated carbocycles. The van der Waals surface area contributed by atoms with Gasteiger partial charge in [-0.25, -0.2) is 17.6 Å². The Balaban J connectivity index is 2.36. The van der Waals surface area contributed by atoms with Crippen LogP contribution in [-0.4, -0.2) is 6.04 Å². The Morgan fingerprint density at radius 1 is 0.882 bits per heavy atom. The zero-order valence-corrected chi connectivity index (χ0v) is 8.68. The van der Waals surface area contributed by atoms with E-state index in [4.69, 9.17) is 5.73 Å². The van der Waals surface area contributed by atoms with E-state index in [-0.39, 0.29) is 17.2 Å². The van der Waals surface area contributed by atoms with Crippen LogP contribution in [0, 0.1) is 23.3 Å². The summed E-state index contributed by atoms with van der Waals surface area (Å²) in [6, 6.07) is -0.378. The Labute approximate surface area is 94.9 Å². The molecule has 1 aromatic carbocycles. The number of benzene rings is 1. The van der Waals surface area contributed by atoms with Gasteiger partial charge in [0, 0.05) is 29.0 Å². The Morgan fingerprint density at radius 2 is 1.47 bits per heavy atom. The van der Waals surface area contributed by atoms with Crippen molar-refractivity contribution in [2.45, 2.75) is 24.3 Å². The minimum Gasteiger partial charge on any atom is -0.327 e. The maximum atomic E-state index is 13.7. The second kappa shape index (κ2) is 3.32. The molecule has 0 unspecified atom stereocenters. The van der Waals surface area contributed by atoms with Gasteiger partial charge < -0.3 is 5.73 Å². The van der Waals surface area contributed by atoms with E-state index in [0.29, 0.717) is 6.42 Å². The van der Waals surface area contributed by atoms with Crippen molar-refractivity contribution >= 4 is 0 Å². The van der Waals surface area contributed by atoms with Gasteiger partial charge in [0.1, 0.15) is 0 Å². The molecule has 4 rings (SSSR count). The molecule has 3 aliphatic carbocycles. The van der Waals surface area contributed by atoms with Crippen molar-refractivity contribution in [2.24, 2.45) is 5.73 Å². The highest BCUT2D eigenvalue weighted by molar-refractivity contribution is 5.48. The molecule has 3 aliphatic rings. The predicted octanol–water partition coefficient (Wildman–Crippen LogP) is 2.71. The minimum absolute atomic E-state index is 0.0735. The van der Waals surface area contributed by atoms with Crippen LogP contribution < -0.4 is 5.73 Å². The zero-order valence-electron chi connectivity index (χ0n) is 8.68. The summed E-state index contributed by atoms with van der Waals surface area (Å²) < 4.78 is 53.7. The Morgan fingerprint density at radius 3 is 2.06 bits per heavy atom. The third-order valence-electron chi connectivity index (χ3n) is 3.58. The third-order valence-corrected chi connectivity index (χ3v) is 3.58. The van der Waals surface area contributed by atoms with Gasteiger partial charge >= 0.3 is 0 Å². The average molecular weight is 243 g/mol. The van der Waals surface area contributed by atoms with Crippen molar-refractivity contribution in [1.82, 2.24) is 0 Å². The summed E-state index contributed by atoms with van der Waals surface area (Å²) in [5, 5.41) is 0. The fraction of sp³-hybridized carbons (Fsp3) is 0.333. The molecule has 0 spiro atoms. The number of hydrogen-bond donors (Lipinski definition) is 1. The van der Waals surface area contributed by atoms with Crippen LogP contribution in [0.2, 0.25) is 0 Å². The van der Waals surface area contributed by atoms with E-state index in [1.165, 1.54) is 0 Å². The molecule has 2 bridgehead atoms. The number of hydrogen-bond acceptors (Lipinski definition) is 1. The summed E-state index contributed by atoms with van der Waals surface area (Å²) in [6.07, 6.45) is 3.74. The van der Waals surface area contributed by atoms with Crippen LogP contribution in [0.4, 0.5) is 17.6 Å². The molecule has 0 aromatic heterocycles. The van der Waals surface area contributed by atoms with Crippen LogP contribution in [0.1, 0.15) is 29.4 Å². The SMILES string of the molecule is N[C@@H]1C[C@H]2C=C[C@@H]1c1c(F)c(F)c(F)c(F)c12. The first kappa shape index (κ1) is 10.8. The van der Waals surface area contributed by atoms with Crippen LogP contribution in [0.3, 0.4) is 0 Å². The molecule has 0 aliphatic heterocycles. The summed E-state index contributed by atoms with van der Waals surface area (Å²) in [4.78, 5) is 0. The summed E-state index contributed by atoms with van der Waals surface area (Å²) in [7, 11) is 0. The maximum Gasteiger partial charge on any atom is 0.197 e. The number of fused-ring (bicyclic) bond motifs is 1. The molecule has 5 heteroatoms. The van der Waals surface area contributed by atoms with Crippen molar-refractivity contribution in [3.8, 4) is 0 Å².